The molecule has 1 amide bonds. The quantitative estimate of drug-likeness (QED) is 0.724. The topological polar surface area (TPSA) is 63.6 Å². The fourth-order valence-corrected chi connectivity index (χ4v) is 5.10. The molecule has 170 valence electrons. The highest BCUT2D eigenvalue weighted by Gasteiger charge is 2.58. The predicted octanol–water partition coefficient (Wildman–Crippen LogP) is 4.08. The zero-order valence-corrected chi connectivity index (χ0v) is 19.2. The van der Waals surface area contributed by atoms with Crippen LogP contribution in [-0.2, 0) is 14.2 Å². The van der Waals surface area contributed by atoms with E-state index in [1.54, 1.807) is 5.01 Å². The number of carbonyl (C=O) groups is 1. The van der Waals surface area contributed by atoms with Crippen LogP contribution in [0.25, 0.3) is 0 Å². The van der Waals surface area contributed by atoms with Gasteiger partial charge in [0, 0.05) is 25.1 Å². The fraction of sp³-hybridized carbons (Fsp3) is 0.667. The number of hydrazone groups is 1. The van der Waals surface area contributed by atoms with Gasteiger partial charge in [-0.3, -0.25) is 4.90 Å². The largest absolute Gasteiger partial charge is 0.452 e. The van der Waals surface area contributed by atoms with E-state index in [9.17, 15) is 4.79 Å². The van der Waals surface area contributed by atoms with Crippen molar-refractivity contribution in [2.24, 2.45) is 16.4 Å². The third-order valence-corrected chi connectivity index (χ3v) is 6.89. The number of amides is 1. The summed E-state index contributed by atoms with van der Waals surface area (Å²) in [5.74, 6) is 0.936. The van der Waals surface area contributed by atoms with Gasteiger partial charge in [0.1, 0.15) is 6.04 Å². The molecule has 0 aromatic heterocycles. The number of hydrogen-bond acceptors (Lipinski definition) is 6. The van der Waals surface area contributed by atoms with Crippen LogP contribution in [0.5, 0.6) is 0 Å². The number of hydrogen-bond donors (Lipinski definition) is 0. The van der Waals surface area contributed by atoms with E-state index in [0.29, 0.717) is 31.6 Å². The number of morpholine rings is 1. The molecule has 0 unspecified atom stereocenters. The van der Waals surface area contributed by atoms with Crippen molar-refractivity contribution in [3.63, 3.8) is 0 Å². The van der Waals surface area contributed by atoms with Gasteiger partial charge in [0.2, 0.25) is 5.90 Å². The maximum atomic E-state index is 13.1. The summed E-state index contributed by atoms with van der Waals surface area (Å²) >= 11 is 0. The van der Waals surface area contributed by atoms with Gasteiger partial charge in [-0.2, -0.15) is 5.01 Å². The first-order chi connectivity index (χ1) is 14.8. The van der Waals surface area contributed by atoms with Crippen molar-refractivity contribution in [2.45, 2.75) is 58.7 Å². The van der Waals surface area contributed by atoms with Crippen LogP contribution in [0.3, 0.4) is 0 Å². The Labute approximate surface area is 185 Å². The molecule has 7 heteroatoms. The van der Waals surface area contributed by atoms with Gasteiger partial charge in [-0.05, 0) is 43.2 Å². The SMILES string of the molecule is CCOC(=O)N1N=C(c2ccccc2)O[C@@]2(N3CCOCC3)CC[C@@H](C(C)(C)C)C[C@@H]12. The lowest BCUT2D eigenvalue weighted by Gasteiger charge is -2.57. The molecular weight excluding hydrogens is 394 g/mol. The Balaban J connectivity index is 1.79. The molecule has 3 atom stereocenters. The molecule has 1 aliphatic carbocycles. The van der Waals surface area contributed by atoms with E-state index >= 15 is 0 Å². The van der Waals surface area contributed by atoms with Crippen LogP contribution < -0.4 is 0 Å². The van der Waals surface area contributed by atoms with Gasteiger partial charge >= 0.3 is 6.09 Å². The summed E-state index contributed by atoms with van der Waals surface area (Å²) in [6.45, 7) is 11.8. The standard InChI is InChI=1S/C24H35N3O4/c1-5-30-22(28)27-20-17-19(23(2,3)4)11-12-24(20,26-13-15-29-16-14-26)31-21(25-27)18-9-7-6-8-10-18/h6-10,19-20H,5,11-17H2,1-4H3/t19-,20-,24+/m1/s1. The van der Waals surface area contributed by atoms with Crippen LogP contribution in [0.4, 0.5) is 4.79 Å². The van der Waals surface area contributed by atoms with E-state index in [4.69, 9.17) is 19.3 Å². The first-order valence-corrected chi connectivity index (χ1v) is 11.5. The highest BCUT2D eigenvalue weighted by atomic mass is 16.6. The van der Waals surface area contributed by atoms with E-state index in [-0.39, 0.29) is 11.5 Å². The van der Waals surface area contributed by atoms with E-state index in [1.807, 2.05) is 37.3 Å². The molecule has 4 rings (SSSR count). The van der Waals surface area contributed by atoms with Crippen molar-refractivity contribution in [2.75, 3.05) is 32.9 Å². The summed E-state index contributed by atoms with van der Waals surface area (Å²) in [4.78, 5) is 15.5. The minimum atomic E-state index is -0.634. The first-order valence-electron chi connectivity index (χ1n) is 11.5. The Kier molecular flexibility index (Phi) is 6.26. The van der Waals surface area contributed by atoms with Gasteiger partial charge in [-0.15, -0.1) is 5.10 Å². The Morgan fingerprint density at radius 3 is 2.58 bits per heavy atom. The van der Waals surface area contributed by atoms with Crippen molar-refractivity contribution in [1.82, 2.24) is 9.91 Å². The van der Waals surface area contributed by atoms with Crippen LogP contribution >= 0.6 is 0 Å². The molecule has 0 N–H and O–H groups in total. The summed E-state index contributed by atoms with van der Waals surface area (Å²) < 4.78 is 17.9. The van der Waals surface area contributed by atoms with Gasteiger partial charge in [0.05, 0.1) is 19.8 Å². The average Bonchev–Trinajstić information content (AvgIpc) is 2.78. The molecule has 0 bridgehead atoms. The molecule has 1 saturated heterocycles. The Hall–Kier alpha value is -2.12. The van der Waals surface area contributed by atoms with Gasteiger partial charge < -0.3 is 14.2 Å². The third-order valence-electron chi connectivity index (χ3n) is 6.89. The lowest BCUT2D eigenvalue weighted by molar-refractivity contribution is -0.204. The molecule has 0 spiro atoms. The van der Waals surface area contributed by atoms with Crippen LogP contribution in [0.1, 0.15) is 52.5 Å². The number of ether oxygens (including phenoxy) is 3. The summed E-state index contributed by atoms with van der Waals surface area (Å²) in [6, 6.07) is 9.60. The van der Waals surface area contributed by atoms with Crippen LogP contribution in [0.15, 0.2) is 35.4 Å². The Bertz CT molecular complexity index is 801. The van der Waals surface area contributed by atoms with E-state index < -0.39 is 11.8 Å². The number of nitrogens with zero attached hydrogens (tertiary/aromatic N) is 3. The lowest BCUT2D eigenvalue weighted by Crippen LogP contribution is -2.70. The van der Waals surface area contributed by atoms with Crippen molar-refractivity contribution in [1.29, 1.82) is 0 Å². The average molecular weight is 430 g/mol. The Morgan fingerprint density at radius 1 is 1.23 bits per heavy atom. The van der Waals surface area contributed by atoms with Crippen LogP contribution in [0.2, 0.25) is 0 Å². The van der Waals surface area contributed by atoms with Crippen LogP contribution in [0, 0.1) is 11.3 Å². The normalized spacial score (nSPS) is 29.5. The first kappa shape index (κ1) is 22.1. The van der Waals surface area contributed by atoms with E-state index in [0.717, 1.165) is 37.9 Å². The fourth-order valence-electron chi connectivity index (χ4n) is 5.10. The van der Waals surface area contributed by atoms with Crippen molar-refractivity contribution < 1.29 is 19.0 Å². The lowest BCUT2D eigenvalue weighted by atomic mass is 9.67. The van der Waals surface area contributed by atoms with E-state index in [2.05, 4.69) is 25.7 Å². The summed E-state index contributed by atoms with van der Waals surface area (Å²) in [6.07, 6.45) is 2.29. The number of fused-ring (bicyclic) bond motifs is 1. The summed E-state index contributed by atoms with van der Waals surface area (Å²) in [5.41, 5.74) is 0.368. The maximum Gasteiger partial charge on any atom is 0.430 e. The molecule has 1 aromatic carbocycles. The van der Waals surface area contributed by atoms with Crippen molar-refractivity contribution >= 4 is 12.0 Å². The minimum Gasteiger partial charge on any atom is -0.452 e. The molecule has 1 saturated carbocycles. The summed E-state index contributed by atoms with van der Waals surface area (Å²) in [5, 5.41) is 6.28. The van der Waals surface area contributed by atoms with E-state index in [1.165, 1.54) is 0 Å². The molecule has 31 heavy (non-hydrogen) atoms. The van der Waals surface area contributed by atoms with Gasteiger partial charge in [-0.1, -0.05) is 39.0 Å². The molecule has 0 radical (unpaired) electrons. The van der Waals surface area contributed by atoms with Gasteiger partial charge in [0.15, 0.2) is 5.72 Å². The molecule has 2 fully saturated rings. The molecular formula is C24H35N3O4. The molecule has 1 aromatic rings. The van der Waals surface area contributed by atoms with Gasteiger partial charge in [-0.25, -0.2) is 4.79 Å². The zero-order valence-electron chi connectivity index (χ0n) is 19.2. The second kappa shape index (κ2) is 8.79. The second-order valence-corrected chi connectivity index (χ2v) is 9.71. The highest BCUT2D eigenvalue weighted by Crippen LogP contribution is 2.48. The predicted molar refractivity (Wildman–Crippen MR) is 119 cm³/mol. The number of carbonyl (C=O) groups excluding carboxylic acids is 1. The van der Waals surface area contributed by atoms with Crippen molar-refractivity contribution in [3.8, 4) is 0 Å². The van der Waals surface area contributed by atoms with Crippen molar-refractivity contribution in [3.05, 3.63) is 35.9 Å². The molecule has 7 nitrogen and oxygen atoms in total. The maximum absolute atomic E-state index is 13.1. The number of rotatable bonds is 3. The summed E-state index contributed by atoms with van der Waals surface area (Å²) in [7, 11) is 0. The molecule has 3 aliphatic rings. The van der Waals surface area contributed by atoms with Crippen LogP contribution in [-0.4, -0.2) is 66.6 Å². The second-order valence-electron chi connectivity index (χ2n) is 9.71. The minimum absolute atomic E-state index is 0.140. The third kappa shape index (κ3) is 4.30. The highest BCUT2D eigenvalue weighted by molar-refractivity contribution is 5.95. The monoisotopic (exact) mass is 429 g/mol. The smallest absolute Gasteiger partial charge is 0.430 e. The zero-order chi connectivity index (χ0) is 22.1. The Morgan fingerprint density at radius 2 is 1.94 bits per heavy atom. The molecule has 2 heterocycles. The van der Waals surface area contributed by atoms with Gasteiger partial charge in [0.25, 0.3) is 0 Å². The number of benzene rings is 1. The molecule has 2 aliphatic heterocycles.